The molecule has 7 nitrogen and oxygen atoms in total. The van der Waals surface area contributed by atoms with Crippen LogP contribution in [0.25, 0.3) is 0 Å². The molecule has 0 aromatic heterocycles. The number of carbonyl (C=O) groups is 1. The lowest BCUT2D eigenvalue weighted by molar-refractivity contribution is -0.386. The van der Waals surface area contributed by atoms with Gasteiger partial charge in [0.1, 0.15) is 5.56 Å². The number of hydrogen-bond donors (Lipinski definition) is 1. The van der Waals surface area contributed by atoms with Crippen molar-refractivity contribution in [3.05, 3.63) is 33.9 Å². The largest absolute Gasteiger partial charge is 0.486 e. The van der Waals surface area contributed by atoms with Crippen molar-refractivity contribution in [2.45, 2.75) is 19.3 Å². The summed E-state index contributed by atoms with van der Waals surface area (Å²) >= 11 is 0. The standard InChI is InChI=1S/C13H12N2O5/c14-7-6-13(4-5-13)8-20-11-9(12(16)17)2-1-3-10(11)15(18)19/h1-3H,4-6,8H2,(H,16,17). The molecule has 0 spiro atoms. The number of nitriles is 1. The molecule has 1 aliphatic rings. The predicted molar refractivity (Wildman–Crippen MR) is 67.4 cm³/mol. The minimum absolute atomic E-state index is 0.117. The van der Waals surface area contributed by atoms with Crippen molar-refractivity contribution in [1.29, 1.82) is 5.26 Å². The number of aromatic carboxylic acids is 1. The van der Waals surface area contributed by atoms with Gasteiger partial charge in [-0.15, -0.1) is 0 Å². The summed E-state index contributed by atoms with van der Waals surface area (Å²) in [5, 5.41) is 28.7. The maximum atomic E-state index is 11.1. The molecule has 2 rings (SSSR count). The third-order valence-electron chi connectivity index (χ3n) is 3.36. The number of nitrogens with zero attached hydrogens (tertiary/aromatic N) is 2. The van der Waals surface area contributed by atoms with Gasteiger partial charge in [0, 0.05) is 17.9 Å². The van der Waals surface area contributed by atoms with Crippen molar-refractivity contribution in [1.82, 2.24) is 0 Å². The second-order valence-electron chi connectivity index (χ2n) is 4.84. The first-order chi connectivity index (χ1) is 9.49. The number of benzene rings is 1. The van der Waals surface area contributed by atoms with Gasteiger partial charge in [0.15, 0.2) is 0 Å². The van der Waals surface area contributed by atoms with Gasteiger partial charge in [0.05, 0.1) is 17.6 Å². The van der Waals surface area contributed by atoms with Crippen LogP contribution in [0, 0.1) is 26.9 Å². The molecule has 20 heavy (non-hydrogen) atoms. The molecule has 0 heterocycles. The molecule has 1 aromatic rings. The second-order valence-corrected chi connectivity index (χ2v) is 4.84. The summed E-state index contributed by atoms with van der Waals surface area (Å²) in [6.07, 6.45) is 1.92. The number of ether oxygens (including phenoxy) is 1. The van der Waals surface area contributed by atoms with Crippen LogP contribution in [0.3, 0.4) is 0 Å². The lowest BCUT2D eigenvalue weighted by atomic mass is 10.1. The van der Waals surface area contributed by atoms with Gasteiger partial charge in [-0.1, -0.05) is 6.07 Å². The number of carboxylic acids is 1. The van der Waals surface area contributed by atoms with Crippen LogP contribution in [0.15, 0.2) is 18.2 Å². The SMILES string of the molecule is N#CCC1(COc2c(C(=O)O)cccc2[N+](=O)[O-])CC1. The third kappa shape index (κ3) is 2.69. The molecule has 0 radical (unpaired) electrons. The van der Waals surface area contributed by atoms with E-state index in [9.17, 15) is 14.9 Å². The molecule has 0 amide bonds. The van der Waals surface area contributed by atoms with Crippen molar-refractivity contribution in [2.24, 2.45) is 5.41 Å². The molecule has 1 aromatic carbocycles. The van der Waals surface area contributed by atoms with Crippen LogP contribution >= 0.6 is 0 Å². The Morgan fingerprint density at radius 1 is 1.55 bits per heavy atom. The second kappa shape index (κ2) is 5.17. The summed E-state index contributed by atoms with van der Waals surface area (Å²) in [6, 6.07) is 5.81. The molecule has 1 saturated carbocycles. The molecule has 1 fully saturated rings. The van der Waals surface area contributed by atoms with Gasteiger partial charge in [-0.25, -0.2) is 4.79 Å². The molecule has 104 valence electrons. The Bertz CT molecular complexity index is 569. The molecular weight excluding hydrogens is 264 g/mol. The minimum Gasteiger partial charge on any atom is -0.486 e. The number of hydrogen-bond acceptors (Lipinski definition) is 5. The molecule has 7 heteroatoms. The number of para-hydroxylation sites is 1. The van der Waals surface area contributed by atoms with Crippen molar-refractivity contribution in [2.75, 3.05) is 6.61 Å². The topological polar surface area (TPSA) is 113 Å². The van der Waals surface area contributed by atoms with E-state index in [1.54, 1.807) is 0 Å². The molecule has 1 aliphatic carbocycles. The normalized spacial score (nSPS) is 15.2. The van der Waals surface area contributed by atoms with Crippen molar-refractivity contribution in [3.63, 3.8) is 0 Å². The molecule has 0 atom stereocenters. The Morgan fingerprint density at radius 2 is 2.25 bits per heavy atom. The van der Waals surface area contributed by atoms with Gasteiger partial charge in [-0.3, -0.25) is 10.1 Å². The van der Waals surface area contributed by atoms with Crippen LogP contribution < -0.4 is 4.74 Å². The zero-order valence-electron chi connectivity index (χ0n) is 10.5. The molecule has 0 unspecified atom stereocenters. The number of nitro benzene ring substituents is 1. The van der Waals surface area contributed by atoms with Gasteiger partial charge >= 0.3 is 11.7 Å². The maximum Gasteiger partial charge on any atom is 0.339 e. The van der Waals surface area contributed by atoms with Gasteiger partial charge in [-0.2, -0.15) is 5.26 Å². The van der Waals surface area contributed by atoms with E-state index < -0.39 is 10.9 Å². The minimum atomic E-state index is -1.28. The third-order valence-corrected chi connectivity index (χ3v) is 3.36. The Balaban J connectivity index is 2.27. The maximum absolute atomic E-state index is 11.1. The van der Waals surface area contributed by atoms with E-state index in [1.807, 2.05) is 0 Å². The van der Waals surface area contributed by atoms with Crippen LogP contribution in [0.5, 0.6) is 5.75 Å². The average Bonchev–Trinajstić information content (AvgIpc) is 3.16. The Kier molecular flexibility index (Phi) is 3.57. The highest BCUT2D eigenvalue weighted by atomic mass is 16.6. The zero-order valence-corrected chi connectivity index (χ0v) is 10.5. The molecule has 1 N–H and O–H groups in total. The van der Waals surface area contributed by atoms with Gasteiger partial charge in [-0.05, 0) is 18.9 Å². The Labute approximate surface area is 114 Å². The van der Waals surface area contributed by atoms with Gasteiger partial charge < -0.3 is 9.84 Å². The first-order valence-electron chi connectivity index (χ1n) is 5.99. The summed E-state index contributed by atoms with van der Waals surface area (Å²) in [5.74, 6) is -1.52. The fraction of sp³-hybridized carbons (Fsp3) is 0.385. The first kappa shape index (κ1) is 13.8. The van der Waals surface area contributed by atoms with E-state index in [2.05, 4.69) is 6.07 Å². The van der Waals surface area contributed by atoms with Crippen molar-refractivity contribution < 1.29 is 19.6 Å². The van der Waals surface area contributed by atoms with Crippen LogP contribution in [0.2, 0.25) is 0 Å². The van der Waals surface area contributed by atoms with Crippen LogP contribution in [0.1, 0.15) is 29.6 Å². The zero-order chi connectivity index (χ0) is 14.8. The van der Waals surface area contributed by atoms with Crippen LogP contribution in [0.4, 0.5) is 5.69 Å². The van der Waals surface area contributed by atoms with Crippen LogP contribution in [-0.4, -0.2) is 22.6 Å². The first-order valence-corrected chi connectivity index (χ1v) is 5.99. The molecule has 0 aliphatic heterocycles. The van der Waals surface area contributed by atoms with Crippen molar-refractivity contribution >= 4 is 11.7 Å². The summed E-state index contributed by atoms with van der Waals surface area (Å²) in [6.45, 7) is 0.117. The summed E-state index contributed by atoms with van der Waals surface area (Å²) in [5.41, 5.74) is -0.904. The predicted octanol–water partition coefficient (Wildman–Crippen LogP) is 2.37. The summed E-state index contributed by atoms with van der Waals surface area (Å²) in [4.78, 5) is 21.4. The Morgan fingerprint density at radius 3 is 2.75 bits per heavy atom. The van der Waals surface area contributed by atoms with E-state index >= 15 is 0 Å². The molecular formula is C13H12N2O5. The van der Waals surface area contributed by atoms with E-state index in [1.165, 1.54) is 18.2 Å². The quantitative estimate of drug-likeness (QED) is 0.630. The number of rotatable bonds is 6. The average molecular weight is 276 g/mol. The van der Waals surface area contributed by atoms with E-state index in [0.717, 1.165) is 12.8 Å². The summed E-state index contributed by atoms with van der Waals surface area (Å²) < 4.78 is 5.40. The summed E-state index contributed by atoms with van der Waals surface area (Å²) in [7, 11) is 0. The van der Waals surface area contributed by atoms with Crippen LogP contribution in [-0.2, 0) is 0 Å². The highest BCUT2D eigenvalue weighted by molar-refractivity contribution is 5.92. The fourth-order valence-electron chi connectivity index (χ4n) is 1.93. The molecule has 0 saturated heterocycles. The van der Waals surface area contributed by atoms with E-state index in [0.29, 0.717) is 6.42 Å². The van der Waals surface area contributed by atoms with E-state index in [4.69, 9.17) is 15.1 Å². The monoisotopic (exact) mass is 276 g/mol. The lowest BCUT2D eigenvalue weighted by Crippen LogP contribution is -2.15. The number of nitro groups is 1. The highest BCUT2D eigenvalue weighted by Gasteiger charge is 2.44. The number of carboxylic acid groups (broad SMARTS) is 1. The van der Waals surface area contributed by atoms with Gasteiger partial charge in [0.25, 0.3) is 0 Å². The smallest absolute Gasteiger partial charge is 0.339 e. The highest BCUT2D eigenvalue weighted by Crippen LogP contribution is 2.49. The molecule has 0 bridgehead atoms. The van der Waals surface area contributed by atoms with Crippen molar-refractivity contribution in [3.8, 4) is 11.8 Å². The fourth-order valence-corrected chi connectivity index (χ4v) is 1.93. The van der Waals surface area contributed by atoms with Gasteiger partial charge in [0.2, 0.25) is 5.75 Å². The lowest BCUT2D eigenvalue weighted by Gasteiger charge is -2.14. The Hall–Kier alpha value is -2.62. The van der Waals surface area contributed by atoms with E-state index in [-0.39, 0.29) is 29.0 Å².